The van der Waals surface area contributed by atoms with E-state index in [0.29, 0.717) is 11.4 Å². The summed E-state index contributed by atoms with van der Waals surface area (Å²) in [5.41, 5.74) is 1.50. The summed E-state index contributed by atoms with van der Waals surface area (Å²) in [6, 6.07) is 22.2. The molecule has 0 atom stereocenters. The van der Waals surface area contributed by atoms with E-state index in [-0.39, 0.29) is 27.7 Å². The zero-order chi connectivity index (χ0) is 26.0. The standard InChI is InChI=1S/C26H25ClN4O4S/c1-18-24(26(33)31(29(18)2)20-12-8-5-9-13-20)30(3)36(34,35)21-14-15-23(27)22(16-21)25(32)28-17-19-10-6-4-7-11-19/h4-16H,17H2,1-3H3,(H,28,32). The van der Waals surface area contributed by atoms with Gasteiger partial charge in [-0.3, -0.25) is 18.6 Å². The molecule has 0 unspecified atom stereocenters. The minimum atomic E-state index is -4.19. The van der Waals surface area contributed by atoms with Gasteiger partial charge in [-0.15, -0.1) is 0 Å². The van der Waals surface area contributed by atoms with Gasteiger partial charge in [0.2, 0.25) is 0 Å². The van der Waals surface area contributed by atoms with Crippen LogP contribution in [0, 0.1) is 6.92 Å². The predicted octanol–water partition coefficient (Wildman–Crippen LogP) is 3.89. The molecule has 0 saturated heterocycles. The minimum absolute atomic E-state index is 0.00591. The number of amides is 1. The number of carbonyl (C=O) groups excluding carboxylic acids is 1. The highest BCUT2D eigenvalue weighted by Gasteiger charge is 2.29. The summed E-state index contributed by atoms with van der Waals surface area (Å²) in [6.45, 7) is 1.93. The maximum absolute atomic E-state index is 13.6. The third-order valence-electron chi connectivity index (χ3n) is 5.98. The Bertz CT molecular complexity index is 1580. The number of para-hydroxylation sites is 1. The molecule has 36 heavy (non-hydrogen) atoms. The van der Waals surface area contributed by atoms with Gasteiger partial charge in [-0.2, -0.15) is 0 Å². The van der Waals surface area contributed by atoms with Crippen molar-refractivity contribution in [3.05, 3.63) is 111 Å². The van der Waals surface area contributed by atoms with E-state index in [0.717, 1.165) is 9.87 Å². The number of sulfonamides is 1. The molecule has 0 aliphatic carbocycles. The number of benzene rings is 3. The summed E-state index contributed by atoms with van der Waals surface area (Å²) < 4.78 is 31.1. The highest BCUT2D eigenvalue weighted by Crippen LogP contribution is 2.27. The molecule has 1 aromatic heterocycles. The average molecular weight is 525 g/mol. The molecule has 8 nitrogen and oxygen atoms in total. The summed E-state index contributed by atoms with van der Waals surface area (Å²) in [7, 11) is -1.19. The molecule has 0 radical (unpaired) electrons. The number of aromatic nitrogens is 2. The van der Waals surface area contributed by atoms with E-state index in [1.165, 1.54) is 29.9 Å². The third kappa shape index (κ3) is 4.67. The first-order valence-electron chi connectivity index (χ1n) is 11.1. The molecule has 0 saturated carbocycles. The van der Waals surface area contributed by atoms with Gasteiger partial charge in [-0.05, 0) is 42.8 Å². The molecule has 0 aliphatic rings. The first-order chi connectivity index (χ1) is 17.1. The van der Waals surface area contributed by atoms with Gasteiger partial charge in [0.15, 0.2) is 0 Å². The van der Waals surface area contributed by atoms with Gasteiger partial charge in [0.1, 0.15) is 5.69 Å². The van der Waals surface area contributed by atoms with Crippen LogP contribution < -0.4 is 15.2 Å². The van der Waals surface area contributed by atoms with Crippen LogP contribution in [0.1, 0.15) is 21.6 Å². The van der Waals surface area contributed by atoms with Gasteiger partial charge < -0.3 is 5.32 Å². The van der Waals surface area contributed by atoms with E-state index in [1.54, 1.807) is 42.9 Å². The Morgan fingerprint density at radius 1 is 1.00 bits per heavy atom. The Kier molecular flexibility index (Phi) is 7.05. The molecular weight excluding hydrogens is 500 g/mol. The van der Waals surface area contributed by atoms with Gasteiger partial charge in [0.25, 0.3) is 21.5 Å². The molecule has 4 aromatic rings. The molecule has 186 valence electrons. The lowest BCUT2D eigenvalue weighted by Crippen LogP contribution is -2.32. The van der Waals surface area contributed by atoms with Crippen molar-refractivity contribution in [1.82, 2.24) is 14.7 Å². The van der Waals surface area contributed by atoms with Crippen molar-refractivity contribution in [2.45, 2.75) is 18.4 Å². The topological polar surface area (TPSA) is 93.4 Å². The van der Waals surface area contributed by atoms with Crippen LogP contribution in [0.4, 0.5) is 5.69 Å². The van der Waals surface area contributed by atoms with Crippen LogP contribution in [-0.2, 0) is 23.6 Å². The van der Waals surface area contributed by atoms with E-state index in [2.05, 4.69) is 5.32 Å². The molecule has 3 aromatic carbocycles. The number of carbonyl (C=O) groups is 1. The largest absolute Gasteiger partial charge is 0.348 e. The van der Waals surface area contributed by atoms with E-state index in [4.69, 9.17) is 11.6 Å². The van der Waals surface area contributed by atoms with Crippen LogP contribution in [0.25, 0.3) is 5.69 Å². The van der Waals surface area contributed by atoms with Crippen LogP contribution in [0.15, 0.2) is 88.6 Å². The second-order valence-electron chi connectivity index (χ2n) is 8.19. The van der Waals surface area contributed by atoms with Crippen LogP contribution in [0.2, 0.25) is 5.02 Å². The molecule has 1 amide bonds. The number of nitrogens with one attached hydrogen (secondary N) is 1. The number of hydrogen-bond acceptors (Lipinski definition) is 4. The van der Waals surface area contributed by atoms with E-state index < -0.39 is 21.5 Å². The van der Waals surface area contributed by atoms with Crippen LogP contribution >= 0.6 is 11.6 Å². The molecule has 0 fully saturated rings. The Morgan fingerprint density at radius 2 is 1.61 bits per heavy atom. The monoisotopic (exact) mass is 524 g/mol. The molecule has 0 spiro atoms. The van der Waals surface area contributed by atoms with Crippen molar-refractivity contribution >= 4 is 33.2 Å². The van der Waals surface area contributed by atoms with Gasteiger partial charge in [0, 0.05) is 20.6 Å². The van der Waals surface area contributed by atoms with Crippen molar-refractivity contribution < 1.29 is 13.2 Å². The smallest absolute Gasteiger partial charge is 0.296 e. The Balaban J connectivity index is 1.68. The summed E-state index contributed by atoms with van der Waals surface area (Å²) in [6.07, 6.45) is 0. The number of rotatable bonds is 7. The Labute approximate surface area is 214 Å². The normalized spacial score (nSPS) is 11.3. The highest BCUT2D eigenvalue weighted by atomic mass is 35.5. The number of halogens is 1. The fourth-order valence-electron chi connectivity index (χ4n) is 3.91. The second kappa shape index (κ2) is 10.0. The van der Waals surface area contributed by atoms with E-state index in [9.17, 15) is 18.0 Å². The molecule has 1 heterocycles. The first kappa shape index (κ1) is 25.3. The lowest BCUT2D eigenvalue weighted by molar-refractivity contribution is 0.0951. The van der Waals surface area contributed by atoms with Crippen molar-refractivity contribution in [3.63, 3.8) is 0 Å². The van der Waals surface area contributed by atoms with Gasteiger partial charge in [-0.1, -0.05) is 60.1 Å². The highest BCUT2D eigenvalue weighted by molar-refractivity contribution is 7.92. The van der Waals surface area contributed by atoms with Crippen molar-refractivity contribution in [2.75, 3.05) is 11.4 Å². The molecule has 4 rings (SSSR count). The maximum Gasteiger partial charge on any atom is 0.296 e. The summed E-state index contributed by atoms with van der Waals surface area (Å²) >= 11 is 6.24. The molecule has 0 bridgehead atoms. The number of nitrogens with zero attached hydrogens (tertiary/aromatic N) is 3. The lowest BCUT2D eigenvalue weighted by Gasteiger charge is -2.19. The Hall–Kier alpha value is -3.82. The van der Waals surface area contributed by atoms with Crippen molar-refractivity contribution in [2.24, 2.45) is 7.05 Å². The molecule has 0 aliphatic heterocycles. The van der Waals surface area contributed by atoms with Gasteiger partial charge in [0.05, 0.1) is 26.9 Å². The first-order valence-corrected chi connectivity index (χ1v) is 12.9. The number of anilines is 1. The van der Waals surface area contributed by atoms with E-state index >= 15 is 0 Å². The minimum Gasteiger partial charge on any atom is -0.348 e. The van der Waals surface area contributed by atoms with Gasteiger partial charge in [-0.25, -0.2) is 13.1 Å². The number of hydrogen-bond donors (Lipinski definition) is 1. The second-order valence-corrected chi connectivity index (χ2v) is 10.6. The Morgan fingerprint density at radius 3 is 2.25 bits per heavy atom. The summed E-state index contributed by atoms with van der Waals surface area (Å²) in [5, 5.41) is 2.87. The van der Waals surface area contributed by atoms with Gasteiger partial charge >= 0.3 is 0 Å². The van der Waals surface area contributed by atoms with Crippen LogP contribution in [0.5, 0.6) is 0 Å². The molecule has 10 heteroatoms. The van der Waals surface area contributed by atoms with Crippen molar-refractivity contribution in [1.29, 1.82) is 0 Å². The quantitative estimate of drug-likeness (QED) is 0.397. The third-order valence-corrected chi connectivity index (χ3v) is 8.06. The fourth-order valence-corrected chi connectivity index (χ4v) is 5.38. The molecular formula is C26H25ClN4O4S. The predicted molar refractivity (Wildman–Crippen MR) is 140 cm³/mol. The molecule has 1 N–H and O–H groups in total. The maximum atomic E-state index is 13.6. The van der Waals surface area contributed by atoms with E-state index in [1.807, 2.05) is 36.4 Å². The average Bonchev–Trinajstić information content (AvgIpc) is 3.10. The van der Waals surface area contributed by atoms with Crippen LogP contribution in [0.3, 0.4) is 0 Å². The van der Waals surface area contributed by atoms with Crippen molar-refractivity contribution in [3.8, 4) is 5.69 Å². The zero-order valence-corrected chi connectivity index (χ0v) is 21.5. The lowest BCUT2D eigenvalue weighted by atomic mass is 10.2. The van der Waals surface area contributed by atoms with Crippen LogP contribution in [-0.4, -0.2) is 30.7 Å². The fraction of sp³-hybridized carbons (Fsp3) is 0.154. The summed E-state index contributed by atoms with van der Waals surface area (Å²) in [4.78, 5) is 26.0. The summed E-state index contributed by atoms with van der Waals surface area (Å²) in [5.74, 6) is -0.508. The SMILES string of the molecule is Cc1c(N(C)S(=O)(=O)c2ccc(Cl)c(C(=O)NCc3ccccc3)c2)c(=O)n(-c2ccccc2)n1C. The zero-order valence-electron chi connectivity index (χ0n) is 20.0.